The van der Waals surface area contributed by atoms with Gasteiger partial charge in [-0.15, -0.1) is 23.5 Å². The van der Waals surface area contributed by atoms with Gasteiger partial charge < -0.3 is 19.0 Å². The molecule has 2 rings (SSSR count). The van der Waals surface area contributed by atoms with Crippen LogP contribution < -0.4 is 0 Å². The van der Waals surface area contributed by atoms with Gasteiger partial charge in [0.1, 0.15) is 17.9 Å². The molecule has 0 aromatic rings. The van der Waals surface area contributed by atoms with E-state index >= 15 is 0 Å². The summed E-state index contributed by atoms with van der Waals surface area (Å²) in [4.78, 5) is 37.6. The van der Waals surface area contributed by atoms with Crippen LogP contribution in [0.4, 0.5) is 4.79 Å². The van der Waals surface area contributed by atoms with Crippen molar-refractivity contribution < 1.29 is 28.6 Å². The fraction of sp³-hybridized carbons (Fsp3) is 0.833. The molecule has 2 heterocycles. The van der Waals surface area contributed by atoms with E-state index in [0.29, 0.717) is 13.0 Å². The lowest BCUT2D eigenvalue weighted by atomic mass is 9.98. The summed E-state index contributed by atoms with van der Waals surface area (Å²) in [5, 5.41) is 0. The van der Waals surface area contributed by atoms with Gasteiger partial charge in [-0.3, -0.25) is 4.90 Å². The molecular weight excluding hydrogens is 390 g/mol. The van der Waals surface area contributed by atoms with Crippen molar-refractivity contribution in [1.82, 2.24) is 4.90 Å². The molecule has 2 fully saturated rings. The minimum absolute atomic E-state index is 0.153. The number of esters is 1. The Morgan fingerprint density at radius 3 is 2.37 bits per heavy atom. The van der Waals surface area contributed by atoms with Crippen molar-refractivity contribution in [1.29, 1.82) is 0 Å². The van der Waals surface area contributed by atoms with Gasteiger partial charge in [0.2, 0.25) is 0 Å². The van der Waals surface area contributed by atoms with Crippen molar-refractivity contribution in [3.05, 3.63) is 0 Å². The minimum Gasteiger partial charge on any atom is -0.444 e. The number of aldehydes is 1. The summed E-state index contributed by atoms with van der Waals surface area (Å²) in [5.74, 6) is 1.49. The first kappa shape index (κ1) is 22.4. The quantitative estimate of drug-likeness (QED) is 0.281. The highest BCUT2D eigenvalue weighted by molar-refractivity contribution is 8.21. The van der Waals surface area contributed by atoms with Crippen LogP contribution in [-0.4, -0.2) is 70.4 Å². The van der Waals surface area contributed by atoms with Crippen LogP contribution in [0.5, 0.6) is 0 Å². The number of likely N-dealkylation sites (tertiary alicyclic amines) is 1. The second-order valence-electron chi connectivity index (χ2n) is 8.47. The molecule has 0 saturated carbocycles. The molecule has 2 aliphatic heterocycles. The number of nitrogens with zero attached hydrogens (tertiary/aromatic N) is 1. The Bertz CT molecular complexity index is 569. The summed E-state index contributed by atoms with van der Waals surface area (Å²) in [7, 11) is 0. The lowest BCUT2D eigenvalue weighted by Gasteiger charge is -2.28. The number of hydrogen-bond acceptors (Lipinski definition) is 8. The first-order valence-corrected chi connectivity index (χ1v) is 10.9. The molecule has 0 aromatic heterocycles. The molecule has 0 bridgehead atoms. The number of thioether (sulfide) groups is 2. The van der Waals surface area contributed by atoms with Crippen LogP contribution in [0, 0.1) is 5.41 Å². The fourth-order valence-electron chi connectivity index (χ4n) is 2.80. The summed E-state index contributed by atoms with van der Waals surface area (Å²) in [6, 6.07) is -0.694. The molecule has 0 aromatic carbocycles. The van der Waals surface area contributed by atoms with Crippen LogP contribution in [0.1, 0.15) is 41.0 Å². The lowest BCUT2D eigenvalue weighted by Crippen LogP contribution is -2.44. The minimum atomic E-state index is -0.694. The van der Waals surface area contributed by atoms with Gasteiger partial charge in [-0.2, -0.15) is 0 Å². The van der Waals surface area contributed by atoms with E-state index in [9.17, 15) is 14.4 Å². The zero-order chi connectivity index (χ0) is 20.3. The number of hydrogen-bond donors (Lipinski definition) is 0. The molecule has 1 amide bonds. The normalized spacial score (nSPS) is 22.1. The van der Waals surface area contributed by atoms with E-state index in [1.165, 1.54) is 4.90 Å². The molecule has 9 heteroatoms. The Morgan fingerprint density at radius 1 is 1.19 bits per heavy atom. The standard InChI is InChI=1S/C18H29NO6S2/c1-16(2,3)25-15(22)19-9-18(26-6-7-27-18)8-13(19)14(21)24-12-23-11-17(4,5)10-20/h10,13H,6-9,11-12H2,1-5H3/t13-/m0/s1. The van der Waals surface area contributed by atoms with Crippen molar-refractivity contribution in [2.24, 2.45) is 5.41 Å². The molecule has 1 atom stereocenters. The molecule has 2 saturated heterocycles. The second-order valence-corrected chi connectivity index (χ2v) is 11.7. The number of carbonyl (C=O) groups excluding carboxylic acids is 3. The third-order valence-corrected chi connectivity index (χ3v) is 7.51. The van der Waals surface area contributed by atoms with Crippen LogP contribution >= 0.6 is 23.5 Å². The maximum atomic E-state index is 12.6. The van der Waals surface area contributed by atoms with E-state index in [1.807, 2.05) is 0 Å². The molecule has 0 N–H and O–H groups in total. The average Bonchev–Trinajstić information content (AvgIpc) is 3.17. The van der Waals surface area contributed by atoms with Crippen LogP contribution in [-0.2, 0) is 23.8 Å². The molecule has 0 unspecified atom stereocenters. The Labute approximate surface area is 169 Å². The number of rotatable bonds is 6. The second kappa shape index (κ2) is 8.61. The maximum absolute atomic E-state index is 12.6. The van der Waals surface area contributed by atoms with Gasteiger partial charge in [-0.05, 0) is 20.8 Å². The summed E-state index contributed by atoms with van der Waals surface area (Å²) in [6.07, 6.45) is 0.826. The fourth-order valence-corrected chi connectivity index (χ4v) is 6.06. The first-order valence-electron chi connectivity index (χ1n) is 8.95. The Kier molecular flexibility index (Phi) is 7.13. The number of carbonyl (C=O) groups is 3. The van der Waals surface area contributed by atoms with Crippen molar-refractivity contribution in [3.63, 3.8) is 0 Å². The number of ether oxygens (including phenoxy) is 3. The van der Waals surface area contributed by atoms with E-state index in [-0.39, 0.29) is 17.5 Å². The van der Waals surface area contributed by atoms with E-state index in [4.69, 9.17) is 14.2 Å². The Morgan fingerprint density at radius 2 is 1.81 bits per heavy atom. The molecule has 2 aliphatic rings. The van der Waals surface area contributed by atoms with Crippen molar-refractivity contribution in [2.75, 3.05) is 31.5 Å². The van der Waals surface area contributed by atoms with Gasteiger partial charge >= 0.3 is 12.1 Å². The highest BCUT2D eigenvalue weighted by atomic mass is 32.2. The van der Waals surface area contributed by atoms with Gasteiger partial charge in [-0.1, -0.05) is 13.8 Å². The Balaban J connectivity index is 1.98. The van der Waals surface area contributed by atoms with Crippen molar-refractivity contribution in [3.8, 4) is 0 Å². The van der Waals surface area contributed by atoms with Crippen molar-refractivity contribution >= 4 is 41.9 Å². The molecular formula is C18H29NO6S2. The van der Waals surface area contributed by atoms with Crippen LogP contribution in [0.15, 0.2) is 0 Å². The summed E-state index contributed by atoms with van der Waals surface area (Å²) >= 11 is 3.57. The van der Waals surface area contributed by atoms with Crippen LogP contribution in [0.2, 0.25) is 0 Å². The number of amides is 1. The van der Waals surface area contributed by atoms with Crippen molar-refractivity contribution in [2.45, 2.75) is 56.8 Å². The van der Waals surface area contributed by atoms with E-state index < -0.39 is 29.1 Å². The molecule has 1 spiro atoms. The highest BCUT2D eigenvalue weighted by Gasteiger charge is 2.52. The SMILES string of the molecule is CC(C)(C=O)COCOC(=O)[C@@H]1CC2(CN1C(=O)OC(C)(C)C)SCCS2. The maximum Gasteiger partial charge on any atom is 0.411 e. The van der Waals surface area contributed by atoms with Gasteiger partial charge in [-0.25, -0.2) is 9.59 Å². The topological polar surface area (TPSA) is 82.1 Å². The van der Waals surface area contributed by atoms with Gasteiger partial charge in [0, 0.05) is 29.9 Å². The smallest absolute Gasteiger partial charge is 0.411 e. The van der Waals surface area contributed by atoms with E-state index in [0.717, 1.165) is 17.8 Å². The monoisotopic (exact) mass is 419 g/mol. The first-order chi connectivity index (χ1) is 12.5. The predicted molar refractivity (Wildman–Crippen MR) is 106 cm³/mol. The molecule has 154 valence electrons. The molecule has 7 nitrogen and oxygen atoms in total. The zero-order valence-corrected chi connectivity index (χ0v) is 18.2. The largest absolute Gasteiger partial charge is 0.444 e. The molecule has 0 radical (unpaired) electrons. The zero-order valence-electron chi connectivity index (χ0n) is 16.6. The predicted octanol–water partition coefficient (Wildman–Crippen LogP) is 2.91. The van der Waals surface area contributed by atoms with Gasteiger partial charge in [0.15, 0.2) is 6.79 Å². The van der Waals surface area contributed by atoms with E-state index in [2.05, 4.69) is 0 Å². The lowest BCUT2D eigenvalue weighted by molar-refractivity contribution is -0.163. The summed E-state index contributed by atoms with van der Waals surface area (Å²) < 4.78 is 15.8. The molecule has 27 heavy (non-hydrogen) atoms. The summed E-state index contributed by atoms with van der Waals surface area (Å²) in [6.45, 7) is 9.23. The van der Waals surface area contributed by atoms with E-state index in [1.54, 1.807) is 58.1 Å². The van der Waals surface area contributed by atoms with Crippen LogP contribution in [0.3, 0.4) is 0 Å². The van der Waals surface area contributed by atoms with Gasteiger partial charge in [0.05, 0.1) is 10.7 Å². The average molecular weight is 420 g/mol. The van der Waals surface area contributed by atoms with Crippen LogP contribution in [0.25, 0.3) is 0 Å². The Hall–Kier alpha value is -0.930. The summed E-state index contributed by atoms with van der Waals surface area (Å²) in [5.41, 5.74) is -1.27. The molecule has 0 aliphatic carbocycles. The highest BCUT2D eigenvalue weighted by Crippen LogP contribution is 2.52. The third-order valence-electron chi connectivity index (χ3n) is 4.08. The van der Waals surface area contributed by atoms with Gasteiger partial charge in [0.25, 0.3) is 0 Å². The third kappa shape index (κ3) is 6.29.